The van der Waals surface area contributed by atoms with Crippen LogP contribution in [0.15, 0.2) is 36.5 Å². The molecule has 0 radical (unpaired) electrons. The first-order chi connectivity index (χ1) is 9.38. The Kier molecular flexibility index (Phi) is 3.51. The van der Waals surface area contributed by atoms with Crippen LogP contribution in [-0.2, 0) is 13.0 Å². The normalized spacial score (nSPS) is 17.8. The molecule has 0 fully saturated rings. The Labute approximate surface area is 113 Å². The van der Waals surface area contributed by atoms with Crippen molar-refractivity contribution in [3.8, 4) is 0 Å². The fourth-order valence-corrected chi connectivity index (χ4v) is 2.66. The van der Waals surface area contributed by atoms with Gasteiger partial charge in [0, 0.05) is 24.6 Å². The number of aromatic nitrogens is 2. The van der Waals surface area contributed by atoms with Crippen molar-refractivity contribution in [2.24, 2.45) is 0 Å². The van der Waals surface area contributed by atoms with Crippen LogP contribution >= 0.6 is 0 Å². The molecular formula is C15H19N3O. The van der Waals surface area contributed by atoms with Crippen molar-refractivity contribution in [1.82, 2.24) is 9.78 Å². The molecule has 2 N–H and O–H groups in total. The summed E-state index contributed by atoms with van der Waals surface area (Å²) in [6, 6.07) is 10.6. The quantitative estimate of drug-likeness (QED) is 0.881. The molecule has 0 amide bonds. The van der Waals surface area contributed by atoms with Gasteiger partial charge in [-0.05, 0) is 18.4 Å². The Bertz CT molecular complexity index is 536. The first kappa shape index (κ1) is 12.2. The molecule has 1 atom stereocenters. The lowest BCUT2D eigenvalue weighted by atomic mass is 9.97. The maximum Gasteiger partial charge on any atom is 0.127 e. The van der Waals surface area contributed by atoms with E-state index in [-0.39, 0.29) is 6.61 Å². The van der Waals surface area contributed by atoms with Crippen LogP contribution in [-0.4, -0.2) is 28.0 Å². The minimum Gasteiger partial charge on any atom is -0.396 e. The van der Waals surface area contributed by atoms with E-state index in [1.54, 1.807) is 0 Å². The van der Waals surface area contributed by atoms with Crippen LogP contribution in [0, 0.1) is 0 Å². The summed E-state index contributed by atoms with van der Waals surface area (Å²) in [6.07, 6.45) is 3.60. The number of anilines is 1. The lowest BCUT2D eigenvalue weighted by Crippen LogP contribution is -2.26. The molecule has 0 bridgehead atoms. The molecule has 19 heavy (non-hydrogen) atoms. The zero-order valence-electron chi connectivity index (χ0n) is 10.9. The number of aliphatic hydroxyl groups excluding tert-OH is 1. The Morgan fingerprint density at radius 1 is 1.32 bits per heavy atom. The summed E-state index contributed by atoms with van der Waals surface area (Å²) >= 11 is 0. The van der Waals surface area contributed by atoms with Gasteiger partial charge in [-0.2, -0.15) is 5.10 Å². The second-order valence-electron chi connectivity index (χ2n) is 5.02. The minimum atomic E-state index is 0.233. The van der Waals surface area contributed by atoms with E-state index in [0.717, 1.165) is 31.7 Å². The van der Waals surface area contributed by atoms with Crippen LogP contribution in [0.1, 0.15) is 23.5 Å². The third-order valence-corrected chi connectivity index (χ3v) is 3.70. The molecule has 1 aromatic carbocycles. The molecule has 4 nitrogen and oxygen atoms in total. The summed E-state index contributed by atoms with van der Waals surface area (Å²) in [7, 11) is 0. The molecular weight excluding hydrogens is 238 g/mol. The second-order valence-corrected chi connectivity index (χ2v) is 5.02. The average molecular weight is 257 g/mol. The number of aryl methyl sites for hydroxylation is 1. The number of aliphatic hydroxyl groups is 1. The SMILES string of the molecule is OCCCc1cnn2c1NCC(c1ccccc1)C2. The van der Waals surface area contributed by atoms with E-state index < -0.39 is 0 Å². The number of nitrogens with one attached hydrogen (secondary N) is 1. The lowest BCUT2D eigenvalue weighted by Gasteiger charge is -2.26. The van der Waals surface area contributed by atoms with Gasteiger partial charge in [0.05, 0.1) is 12.7 Å². The lowest BCUT2D eigenvalue weighted by molar-refractivity contribution is 0.288. The number of rotatable bonds is 4. The van der Waals surface area contributed by atoms with E-state index in [1.807, 2.05) is 16.9 Å². The van der Waals surface area contributed by atoms with E-state index in [2.05, 4.69) is 34.7 Å². The summed E-state index contributed by atoms with van der Waals surface area (Å²) in [5.74, 6) is 1.60. The molecule has 2 aromatic rings. The highest BCUT2D eigenvalue weighted by Gasteiger charge is 2.22. The van der Waals surface area contributed by atoms with Crippen molar-refractivity contribution in [2.45, 2.75) is 25.3 Å². The van der Waals surface area contributed by atoms with E-state index in [4.69, 9.17) is 5.11 Å². The number of fused-ring (bicyclic) bond motifs is 1. The van der Waals surface area contributed by atoms with Crippen LogP contribution < -0.4 is 5.32 Å². The van der Waals surface area contributed by atoms with Crippen molar-refractivity contribution < 1.29 is 5.11 Å². The summed E-state index contributed by atoms with van der Waals surface area (Å²) in [5, 5.41) is 16.9. The molecule has 1 aliphatic rings. The zero-order chi connectivity index (χ0) is 13.1. The van der Waals surface area contributed by atoms with Gasteiger partial charge in [-0.15, -0.1) is 0 Å². The third kappa shape index (κ3) is 2.49. The molecule has 1 aliphatic heterocycles. The van der Waals surface area contributed by atoms with Gasteiger partial charge in [0.15, 0.2) is 0 Å². The highest BCUT2D eigenvalue weighted by molar-refractivity contribution is 5.46. The van der Waals surface area contributed by atoms with Crippen molar-refractivity contribution in [3.63, 3.8) is 0 Å². The Hall–Kier alpha value is -1.81. The van der Waals surface area contributed by atoms with E-state index in [0.29, 0.717) is 5.92 Å². The van der Waals surface area contributed by atoms with Gasteiger partial charge in [-0.1, -0.05) is 30.3 Å². The smallest absolute Gasteiger partial charge is 0.127 e. The van der Waals surface area contributed by atoms with E-state index in [9.17, 15) is 0 Å². The molecule has 3 rings (SSSR count). The topological polar surface area (TPSA) is 50.1 Å². The van der Waals surface area contributed by atoms with Gasteiger partial charge in [0.1, 0.15) is 5.82 Å². The molecule has 0 saturated heterocycles. The van der Waals surface area contributed by atoms with Gasteiger partial charge in [0.25, 0.3) is 0 Å². The van der Waals surface area contributed by atoms with Crippen molar-refractivity contribution in [2.75, 3.05) is 18.5 Å². The first-order valence-corrected chi connectivity index (χ1v) is 6.83. The van der Waals surface area contributed by atoms with Crippen LogP contribution in [0.2, 0.25) is 0 Å². The molecule has 4 heteroatoms. The largest absolute Gasteiger partial charge is 0.396 e. The monoisotopic (exact) mass is 257 g/mol. The van der Waals surface area contributed by atoms with Gasteiger partial charge in [-0.25, -0.2) is 4.68 Å². The first-order valence-electron chi connectivity index (χ1n) is 6.83. The summed E-state index contributed by atoms with van der Waals surface area (Å²) in [4.78, 5) is 0. The van der Waals surface area contributed by atoms with Gasteiger partial charge < -0.3 is 10.4 Å². The maximum absolute atomic E-state index is 8.91. The fraction of sp³-hybridized carbons (Fsp3) is 0.400. The number of benzene rings is 1. The predicted octanol–water partition coefficient (Wildman–Crippen LogP) is 2.02. The molecule has 1 unspecified atom stereocenters. The Morgan fingerprint density at radius 3 is 2.95 bits per heavy atom. The minimum absolute atomic E-state index is 0.233. The summed E-state index contributed by atoms with van der Waals surface area (Å²) < 4.78 is 2.05. The predicted molar refractivity (Wildman–Crippen MR) is 75.3 cm³/mol. The number of hydrogen-bond donors (Lipinski definition) is 2. The molecule has 0 spiro atoms. The van der Waals surface area contributed by atoms with E-state index >= 15 is 0 Å². The van der Waals surface area contributed by atoms with Gasteiger partial charge in [-0.3, -0.25) is 0 Å². The highest BCUT2D eigenvalue weighted by Crippen LogP contribution is 2.27. The maximum atomic E-state index is 8.91. The third-order valence-electron chi connectivity index (χ3n) is 3.70. The van der Waals surface area contributed by atoms with Crippen LogP contribution in [0.25, 0.3) is 0 Å². The molecule has 0 saturated carbocycles. The Balaban J connectivity index is 1.76. The van der Waals surface area contributed by atoms with Crippen molar-refractivity contribution >= 4 is 5.82 Å². The fourth-order valence-electron chi connectivity index (χ4n) is 2.66. The number of nitrogens with zero attached hydrogens (tertiary/aromatic N) is 2. The van der Waals surface area contributed by atoms with Crippen molar-refractivity contribution in [3.05, 3.63) is 47.7 Å². The van der Waals surface area contributed by atoms with Crippen LogP contribution in [0.4, 0.5) is 5.82 Å². The summed E-state index contributed by atoms with van der Waals surface area (Å²) in [5.41, 5.74) is 2.56. The molecule has 1 aromatic heterocycles. The summed E-state index contributed by atoms with van der Waals surface area (Å²) in [6.45, 7) is 2.10. The molecule has 100 valence electrons. The van der Waals surface area contributed by atoms with Crippen molar-refractivity contribution in [1.29, 1.82) is 0 Å². The standard InChI is InChI=1S/C15H19N3O/c19-8-4-7-13-10-17-18-11-14(9-16-15(13)18)12-5-2-1-3-6-12/h1-3,5-6,10,14,16,19H,4,7-9,11H2. The van der Waals surface area contributed by atoms with Crippen LogP contribution in [0.5, 0.6) is 0 Å². The van der Waals surface area contributed by atoms with E-state index in [1.165, 1.54) is 11.1 Å². The number of hydrogen-bond acceptors (Lipinski definition) is 3. The molecule has 0 aliphatic carbocycles. The zero-order valence-corrected chi connectivity index (χ0v) is 10.9. The average Bonchev–Trinajstić information content (AvgIpc) is 2.88. The van der Waals surface area contributed by atoms with Gasteiger partial charge >= 0.3 is 0 Å². The molecule has 2 heterocycles. The highest BCUT2D eigenvalue weighted by atomic mass is 16.2. The van der Waals surface area contributed by atoms with Gasteiger partial charge in [0.2, 0.25) is 0 Å². The second kappa shape index (κ2) is 5.45. The van der Waals surface area contributed by atoms with Crippen LogP contribution in [0.3, 0.4) is 0 Å². The Morgan fingerprint density at radius 2 is 2.16 bits per heavy atom.